The summed E-state index contributed by atoms with van der Waals surface area (Å²) in [4.78, 5) is 14.1. The Kier molecular flexibility index (Phi) is 4.90. The summed E-state index contributed by atoms with van der Waals surface area (Å²) >= 11 is 0. The Morgan fingerprint density at radius 2 is 1.71 bits per heavy atom. The molecule has 0 aliphatic carbocycles. The van der Waals surface area contributed by atoms with Crippen molar-refractivity contribution in [1.82, 2.24) is 9.80 Å². The van der Waals surface area contributed by atoms with Crippen LogP contribution in [0.5, 0.6) is 0 Å². The van der Waals surface area contributed by atoms with Crippen molar-refractivity contribution >= 4 is 15.9 Å². The molecule has 0 saturated heterocycles. The topological polar surface area (TPSA) is 57.7 Å². The van der Waals surface area contributed by atoms with Gasteiger partial charge in [-0.15, -0.1) is 0 Å². The SMILES string of the molecule is CCS(=O)(=O)CCN(C)C(=O)N(C)C. The Hall–Kier alpha value is -0.780. The van der Waals surface area contributed by atoms with Crippen molar-refractivity contribution in [1.29, 1.82) is 0 Å². The molecule has 14 heavy (non-hydrogen) atoms. The third-order valence-electron chi connectivity index (χ3n) is 1.89. The van der Waals surface area contributed by atoms with Gasteiger partial charge in [0.2, 0.25) is 0 Å². The molecule has 6 heteroatoms. The van der Waals surface area contributed by atoms with E-state index in [1.807, 2.05) is 0 Å². The van der Waals surface area contributed by atoms with Gasteiger partial charge in [0.25, 0.3) is 0 Å². The Morgan fingerprint density at radius 1 is 1.21 bits per heavy atom. The number of rotatable bonds is 4. The van der Waals surface area contributed by atoms with Crippen LogP contribution in [0.15, 0.2) is 0 Å². The van der Waals surface area contributed by atoms with Gasteiger partial charge in [0.05, 0.1) is 5.75 Å². The highest BCUT2D eigenvalue weighted by Crippen LogP contribution is 1.94. The average molecular weight is 222 g/mol. The first-order chi connectivity index (χ1) is 6.30. The monoisotopic (exact) mass is 222 g/mol. The molecule has 0 bridgehead atoms. The van der Waals surface area contributed by atoms with Crippen molar-refractivity contribution in [3.8, 4) is 0 Å². The number of sulfone groups is 1. The van der Waals surface area contributed by atoms with Crippen LogP contribution in [0.4, 0.5) is 4.79 Å². The summed E-state index contributed by atoms with van der Waals surface area (Å²) in [7, 11) is 1.87. The Bertz CT molecular complexity index is 285. The predicted octanol–water partition coefficient (Wildman–Crippen LogP) is 0.0345. The van der Waals surface area contributed by atoms with E-state index >= 15 is 0 Å². The molecule has 0 aromatic heterocycles. The van der Waals surface area contributed by atoms with Gasteiger partial charge in [-0.3, -0.25) is 0 Å². The molecule has 0 unspecified atom stereocenters. The van der Waals surface area contributed by atoms with Crippen LogP contribution in [0.1, 0.15) is 6.92 Å². The Morgan fingerprint density at radius 3 is 2.07 bits per heavy atom. The van der Waals surface area contributed by atoms with Crippen LogP contribution < -0.4 is 0 Å². The molecule has 0 atom stereocenters. The van der Waals surface area contributed by atoms with Crippen molar-refractivity contribution < 1.29 is 13.2 Å². The molecule has 0 N–H and O–H groups in total. The van der Waals surface area contributed by atoms with Crippen LogP contribution in [0.2, 0.25) is 0 Å². The van der Waals surface area contributed by atoms with Crippen LogP contribution in [0, 0.1) is 0 Å². The first-order valence-electron chi connectivity index (χ1n) is 4.43. The highest BCUT2D eigenvalue weighted by molar-refractivity contribution is 7.91. The fraction of sp³-hybridized carbons (Fsp3) is 0.875. The number of amides is 2. The zero-order chi connectivity index (χ0) is 11.4. The van der Waals surface area contributed by atoms with Crippen molar-refractivity contribution in [2.45, 2.75) is 6.92 Å². The third-order valence-corrected chi connectivity index (χ3v) is 3.57. The fourth-order valence-corrected chi connectivity index (χ4v) is 1.70. The minimum absolute atomic E-state index is 0.0274. The van der Waals surface area contributed by atoms with Crippen molar-refractivity contribution in [2.75, 3.05) is 39.2 Å². The summed E-state index contributed by atoms with van der Waals surface area (Å²) in [6.07, 6.45) is 0. The van der Waals surface area contributed by atoms with Crippen LogP contribution in [0.3, 0.4) is 0 Å². The first-order valence-corrected chi connectivity index (χ1v) is 6.25. The lowest BCUT2D eigenvalue weighted by molar-refractivity contribution is 0.184. The highest BCUT2D eigenvalue weighted by atomic mass is 32.2. The van der Waals surface area contributed by atoms with Gasteiger partial charge in [-0.2, -0.15) is 0 Å². The Balaban J connectivity index is 4.10. The quantitative estimate of drug-likeness (QED) is 0.674. The van der Waals surface area contributed by atoms with Crippen LogP contribution in [0.25, 0.3) is 0 Å². The molecule has 0 saturated carbocycles. The Labute approximate surface area is 85.6 Å². The predicted molar refractivity (Wildman–Crippen MR) is 56.0 cm³/mol. The van der Waals surface area contributed by atoms with Gasteiger partial charge in [-0.05, 0) is 0 Å². The molecular weight excluding hydrogens is 204 g/mol. The molecule has 0 aromatic carbocycles. The van der Waals surface area contributed by atoms with Crippen molar-refractivity contribution in [3.63, 3.8) is 0 Å². The minimum atomic E-state index is -2.99. The van der Waals surface area contributed by atoms with Crippen molar-refractivity contribution in [2.24, 2.45) is 0 Å². The second-order valence-corrected chi connectivity index (χ2v) is 5.81. The van der Waals surface area contributed by atoms with E-state index in [4.69, 9.17) is 0 Å². The maximum atomic E-state index is 11.3. The third kappa shape index (κ3) is 4.45. The van der Waals surface area contributed by atoms with Gasteiger partial charge < -0.3 is 9.80 Å². The summed E-state index contributed by atoms with van der Waals surface area (Å²) in [5.74, 6) is 0.149. The minimum Gasteiger partial charge on any atom is -0.331 e. The van der Waals surface area contributed by atoms with E-state index in [0.717, 1.165) is 0 Å². The number of carbonyl (C=O) groups is 1. The maximum Gasteiger partial charge on any atom is 0.319 e. The molecule has 0 fully saturated rings. The van der Waals surface area contributed by atoms with Crippen LogP contribution in [-0.4, -0.2) is 63.4 Å². The molecule has 5 nitrogen and oxygen atoms in total. The summed E-state index contributed by atoms with van der Waals surface area (Å²) in [5.41, 5.74) is 0. The van der Waals surface area contributed by atoms with E-state index in [0.29, 0.717) is 0 Å². The van der Waals surface area contributed by atoms with Crippen LogP contribution in [-0.2, 0) is 9.84 Å². The second-order valence-electron chi connectivity index (χ2n) is 3.33. The number of hydrogen-bond acceptors (Lipinski definition) is 3. The molecule has 0 aliphatic heterocycles. The molecule has 2 amide bonds. The number of nitrogens with zero attached hydrogens (tertiary/aromatic N) is 2. The molecular formula is C8H18N2O3S. The van der Waals surface area contributed by atoms with Gasteiger partial charge in [0.1, 0.15) is 0 Å². The second kappa shape index (κ2) is 5.19. The average Bonchev–Trinajstić information content (AvgIpc) is 2.13. The number of hydrogen-bond donors (Lipinski definition) is 0. The normalized spacial score (nSPS) is 11.1. The smallest absolute Gasteiger partial charge is 0.319 e. The van der Waals surface area contributed by atoms with E-state index in [1.54, 1.807) is 28.1 Å². The van der Waals surface area contributed by atoms with E-state index in [-0.39, 0.29) is 24.1 Å². The summed E-state index contributed by atoms with van der Waals surface area (Å²) in [6, 6.07) is -0.184. The summed E-state index contributed by atoms with van der Waals surface area (Å²) in [6.45, 7) is 1.84. The standard InChI is InChI=1S/C8H18N2O3S/c1-5-14(12,13)7-6-10(4)8(11)9(2)3/h5-7H2,1-4H3. The largest absolute Gasteiger partial charge is 0.331 e. The number of carbonyl (C=O) groups excluding carboxylic acids is 1. The molecule has 0 aromatic rings. The van der Waals surface area contributed by atoms with Gasteiger partial charge in [0, 0.05) is 33.4 Å². The maximum absolute atomic E-state index is 11.3. The number of urea groups is 1. The van der Waals surface area contributed by atoms with Gasteiger partial charge >= 0.3 is 6.03 Å². The lowest BCUT2D eigenvalue weighted by Gasteiger charge is -2.21. The molecule has 84 valence electrons. The summed E-state index contributed by atoms with van der Waals surface area (Å²) in [5, 5.41) is 0. The molecule has 0 rings (SSSR count). The summed E-state index contributed by atoms with van der Waals surface area (Å²) < 4.78 is 22.3. The zero-order valence-corrected chi connectivity index (χ0v) is 9.97. The van der Waals surface area contributed by atoms with E-state index < -0.39 is 9.84 Å². The van der Waals surface area contributed by atoms with E-state index in [1.165, 1.54) is 9.80 Å². The molecule has 0 spiro atoms. The van der Waals surface area contributed by atoms with E-state index in [9.17, 15) is 13.2 Å². The first kappa shape index (κ1) is 13.2. The lowest BCUT2D eigenvalue weighted by Crippen LogP contribution is -2.39. The van der Waals surface area contributed by atoms with Crippen molar-refractivity contribution in [3.05, 3.63) is 0 Å². The molecule has 0 radical (unpaired) electrons. The van der Waals surface area contributed by atoms with E-state index in [2.05, 4.69) is 0 Å². The highest BCUT2D eigenvalue weighted by Gasteiger charge is 2.14. The fourth-order valence-electron chi connectivity index (χ4n) is 0.857. The molecule has 0 heterocycles. The lowest BCUT2D eigenvalue weighted by atomic mass is 10.6. The van der Waals surface area contributed by atoms with Gasteiger partial charge in [-0.25, -0.2) is 13.2 Å². The van der Waals surface area contributed by atoms with Crippen LogP contribution >= 0.6 is 0 Å². The zero-order valence-electron chi connectivity index (χ0n) is 9.15. The van der Waals surface area contributed by atoms with Gasteiger partial charge in [-0.1, -0.05) is 6.92 Å². The van der Waals surface area contributed by atoms with Gasteiger partial charge in [0.15, 0.2) is 9.84 Å². The molecule has 0 aliphatic rings.